The summed E-state index contributed by atoms with van der Waals surface area (Å²) in [4.78, 5) is 2.19. The van der Waals surface area contributed by atoms with Gasteiger partial charge in [-0.05, 0) is 32.7 Å². The topological polar surface area (TPSA) is 29.3 Å². The molecule has 0 aromatic rings. The summed E-state index contributed by atoms with van der Waals surface area (Å²) in [6.07, 6.45) is 2.48. The molecule has 1 saturated heterocycles. The molecule has 0 aromatic heterocycles. The van der Waals surface area contributed by atoms with Crippen LogP contribution in [0.2, 0.25) is 0 Å². The van der Waals surface area contributed by atoms with E-state index in [4.69, 9.17) is 5.73 Å². The lowest BCUT2D eigenvalue weighted by Crippen LogP contribution is -2.52. The number of hydrogen-bond acceptors (Lipinski definition) is 3. The largest absolute Gasteiger partial charge is 0.323 e. The predicted octanol–water partition coefficient (Wildman–Crippen LogP) is 0.773. The number of nitrogens with two attached hydrogens (primary N) is 1. The molecule has 0 aliphatic carbocycles. The summed E-state index contributed by atoms with van der Waals surface area (Å²) in [6, 6.07) is 0. The van der Waals surface area contributed by atoms with Crippen LogP contribution in [0.4, 0.5) is 0 Å². The second-order valence-corrected chi connectivity index (χ2v) is 4.86. The van der Waals surface area contributed by atoms with Crippen molar-refractivity contribution in [2.45, 2.75) is 18.4 Å². The maximum absolute atomic E-state index is 6.20. The molecule has 0 saturated carbocycles. The molecule has 1 atom stereocenters. The van der Waals surface area contributed by atoms with Crippen LogP contribution in [0.5, 0.6) is 0 Å². The van der Waals surface area contributed by atoms with Crippen LogP contribution in [-0.2, 0) is 0 Å². The fourth-order valence-electron chi connectivity index (χ4n) is 1.63. The van der Waals surface area contributed by atoms with Gasteiger partial charge in [0.05, 0.1) is 0 Å². The van der Waals surface area contributed by atoms with Crippen LogP contribution in [0, 0.1) is 0 Å². The smallest absolute Gasteiger partial charge is 0.0375 e. The molecule has 2 N–H and O–H groups in total. The van der Waals surface area contributed by atoms with Crippen LogP contribution >= 0.6 is 11.8 Å². The van der Waals surface area contributed by atoms with Gasteiger partial charge in [0.25, 0.3) is 0 Å². The van der Waals surface area contributed by atoms with Crippen molar-refractivity contribution >= 4 is 11.8 Å². The lowest BCUT2D eigenvalue weighted by Gasteiger charge is -2.35. The molecule has 11 heavy (non-hydrogen) atoms. The Kier molecular flexibility index (Phi) is 3.22. The van der Waals surface area contributed by atoms with Crippen molar-refractivity contribution in [1.82, 2.24) is 4.90 Å². The Hall–Kier alpha value is 0.270. The molecule has 66 valence electrons. The summed E-state index contributed by atoms with van der Waals surface area (Å²) in [5, 5.41) is 0. The first-order valence-corrected chi connectivity index (χ1v) is 5.29. The quantitative estimate of drug-likeness (QED) is 0.670. The van der Waals surface area contributed by atoms with Crippen LogP contribution in [0.1, 0.15) is 12.8 Å². The second kappa shape index (κ2) is 3.78. The van der Waals surface area contributed by atoms with Gasteiger partial charge >= 0.3 is 0 Å². The molecular weight excluding hydrogens is 156 g/mol. The molecule has 1 aliphatic heterocycles. The summed E-state index contributed by atoms with van der Waals surface area (Å²) in [6.45, 7) is 1.03. The summed E-state index contributed by atoms with van der Waals surface area (Å²) in [5.41, 5.74) is 6.29. The molecular formula is C8H18N2S. The molecule has 0 radical (unpaired) electrons. The van der Waals surface area contributed by atoms with E-state index >= 15 is 0 Å². The average Bonchev–Trinajstić information content (AvgIpc) is 1.85. The molecule has 0 bridgehead atoms. The van der Waals surface area contributed by atoms with E-state index in [0.29, 0.717) is 0 Å². The first kappa shape index (κ1) is 9.36. The van der Waals surface area contributed by atoms with Gasteiger partial charge in [0.2, 0.25) is 0 Å². The van der Waals surface area contributed by atoms with Gasteiger partial charge in [-0.15, -0.1) is 0 Å². The number of likely N-dealkylation sites (N-methyl/N-ethyl adjacent to an activating group) is 1. The van der Waals surface area contributed by atoms with E-state index in [-0.39, 0.29) is 5.54 Å². The van der Waals surface area contributed by atoms with Gasteiger partial charge in [-0.2, -0.15) is 11.8 Å². The minimum absolute atomic E-state index is 0.0897. The normalized spacial score (nSPS) is 32.7. The van der Waals surface area contributed by atoms with Crippen molar-refractivity contribution < 1.29 is 0 Å². The van der Waals surface area contributed by atoms with Gasteiger partial charge in [-0.3, -0.25) is 0 Å². The van der Waals surface area contributed by atoms with Gasteiger partial charge in [0.1, 0.15) is 0 Å². The molecule has 0 amide bonds. The SMILES string of the molecule is CN(C)CC1(N)CCCSC1. The highest BCUT2D eigenvalue weighted by atomic mass is 32.2. The van der Waals surface area contributed by atoms with Crippen LogP contribution in [0.3, 0.4) is 0 Å². The Morgan fingerprint density at radius 3 is 2.73 bits per heavy atom. The molecule has 0 aromatic carbocycles. The van der Waals surface area contributed by atoms with Crippen molar-refractivity contribution in [3.8, 4) is 0 Å². The third-order valence-corrected chi connectivity index (χ3v) is 3.34. The maximum Gasteiger partial charge on any atom is 0.0375 e. The maximum atomic E-state index is 6.20. The fraction of sp³-hybridized carbons (Fsp3) is 1.00. The molecule has 3 heteroatoms. The minimum Gasteiger partial charge on any atom is -0.323 e. The van der Waals surface area contributed by atoms with Gasteiger partial charge in [-0.25, -0.2) is 0 Å². The third-order valence-electron chi connectivity index (χ3n) is 1.98. The van der Waals surface area contributed by atoms with Crippen LogP contribution in [0.25, 0.3) is 0 Å². The van der Waals surface area contributed by atoms with E-state index < -0.39 is 0 Å². The van der Waals surface area contributed by atoms with Crippen molar-refractivity contribution in [3.05, 3.63) is 0 Å². The Bertz CT molecular complexity index is 119. The Balaban J connectivity index is 2.37. The zero-order chi connectivity index (χ0) is 8.32. The molecule has 1 aliphatic rings. The van der Waals surface area contributed by atoms with Crippen molar-refractivity contribution in [3.63, 3.8) is 0 Å². The zero-order valence-electron chi connectivity index (χ0n) is 7.47. The van der Waals surface area contributed by atoms with E-state index in [1.54, 1.807) is 0 Å². The van der Waals surface area contributed by atoms with Crippen molar-refractivity contribution in [2.24, 2.45) is 5.73 Å². The Labute approximate surface area is 73.5 Å². The van der Waals surface area contributed by atoms with E-state index in [1.165, 1.54) is 18.6 Å². The van der Waals surface area contributed by atoms with Gasteiger partial charge in [-0.1, -0.05) is 0 Å². The van der Waals surface area contributed by atoms with Gasteiger partial charge < -0.3 is 10.6 Å². The third kappa shape index (κ3) is 3.01. The Morgan fingerprint density at radius 1 is 1.55 bits per heavy atom. The summed E-state index contributed by atoms with van der Waals surface area (Å²) in [5.74, 6) is 2.43. The van der Waals surface area contributed by atoms with E-state index in [2.05, 4.69) is 19.0 Å². The van der Waals surface area contributed by atoms with E-state index in [9.17, 15) is 0 Å². The molecule has 1 unspecified atom stereocenters. The molecule has 1 rings (SSSR count). The van der Waals surface area contributed by atoms with E-state index in [1.807, 2.05) is 11.8 Å². The molecule has 1 heterocycles. The van der Waals surface area contributed by atoms with Crippen LogP contribution in [-0.4, -0.2) is 42.6 Å². The first-order valence-electron chi connectivity index (χ1n) is 4.14. The molecule has 2 nitrogen and oxygen atoms in total. The fourth-order valence-corrected chi connectivity index (χ4v) is 2.76. The highest BCUT2D eigenvalue weighted by molar-refractivity contribution is 7.99. The van der Waals surface area contributed by atoms with Gasteiger partial charge in [0.15, 0.2) is 0 Å². The number of rotatable bonds is 2. The van der Waals surface area contributed by atoms with Crippen LogP contribution < -0.4 is 5.73 Å². The second-order valence-electron chi connectivity index (χ2n) is 3.76. The summed E-state index contributed by atoms with van der Waals surface area (Å²) < 4.78 is 0. The van der Waals surface area contributed by atoms with Crippen molar-refractivity contribution in [1.29, 1.82) is 0 Å². The van der Waals surface area contributed by atoms with Crippen LogP contribution in [0.15, 0.2) is 0 Å². The monoisotopic (exact) mass is 174 g/mol. The number of nitrogens with zero attached hydrogens (tertiary/aromatic N) is 1. The highest BCUT2D eigenvalue weighted by Crippen LogP contribution is 2.24. The zero-order valence-corrected chi connectivity index (χ0v) is 8.28. The average molecular weight is 174 g/mol. The Morgan fingerprint density at radius 2 is 2.27 bits per heavy atom. The molecule has 0 spiro atoms. The lowest BCUT2D eigenvalue weighted by atomic mass is 9.96. The molecule has 1 fully saturated rings. The predicted molar refractivity (Wildman–Crippen MR) is 52.0 cm³/mol. The minimum atomic E-state index is 0.0897. The van der Waals surface area contributed by atoms with Crippen molar-refractivity contribution in [2.75, 3.05) is 32.1 Å². The van der Waals surface area contributed by atoms with E-state index in [0.717, 1.165) is 12.3 Å². The van der Waals surface area contributed by atoms with Gasteiger partial charge in [0, 0.05) is 17.8 Å². The number of thioether (sulfide) groups is 1. The first-order chi connectivity index (χ1) is 5.12. The summed E-state index contributed by atoms with van der Waals surface area (Å²) >= 11 is 1.99. The standard InChI is InChI=1S/C8H18N2S/c1-10(2)6-8(9)4-3-5-11-7-8/h3-7,9H2,1-2H3. The number of hydrogen-bond donors (Lipinski definition) is 1. The highest BCUT2D eigenvalue weighted by Gasteiger charge is 2.27. The lowest BCUT2D eigenvalue weighted by molar-refractivity contribution is 0.286. The summed E-state index contributed by atoms with van der Waals surface area (Å²) in [7, 11) is 4.18.